The van der Waals surface area contributed by atoms with Crippen molar-refractivity contribution in [3.8, 4) is 0 Å². The molecule has 0 aliphatic carbocycles. The molecule has 130 valence electrons. The van der Waals surface area contributed by atoms with E-state index in [1.165, 1.54) is 24.3 Å². The molecule has 9 heteroatoms. The van der Waals surface area contributed by atoms with Crippen molar-refractivity contribution in [2.75, 3.05) is 18.5 Å². The number of carboxylic acid groups (broad SMARTS) is 1. The molecule has 0 saturated carbocycles. The van der Waals surface area contributed by atoms with Crippen LogP contribution < -0.4 is 10.0 Å². The highest BCUT2D eigenvalue weighted by Crippen LogP contribution is 2.15. The lowest BCUT2D eigenvalue weighted by molar-refractivity contribution is -0.131. The van der Waals surface area contributed by atoms with E-state index < -0.39 is 21.9 Å². The quantitative estimate of drug-likeness (QED) is 0.620. The maximum Gasteiger partial charge on any atom is 0.328 e. The minimum Gasteiger partial charge on any atom is -0.478 e. The van der Waals surface area contributed by atoms with Crippen LogP contribution in [0.5, 0.6) is 0 Å². The number of ether oxygens (including phenoxy) is 1. The molecule has 0 aromatic heterocycles. The van der Waals surface area contributed by atoms with Crippen molar-refractivity contribution < 1.29 is 27.9 Å². The molecule has 1 saturated heterocycles. The molecule has 1 aromatic carbocycles. The summed E-state index contributed by atoms with van der Waals surface area (Å²) in [4.78, 5) is 21.8. The molecule has 1 aromatic rings. The fourth-order valence-corrected chi connectivity index (χ4v) is 3.21. The van der Waals surface area contributed by atoms with Gasteiger partial charge in [-0.25, -0.2) is 17.9 Å². The van der Waals surface area contributed by atoms with Crippen molar-refractivity contribution in [2.24, 2.45) is 0 Å². The molecule has 1 aliphatic heterocycles. The van der Waals surface area contributed by atoms with Gasteiger partial charge in [-0.3, -0.25) is 4.79 Å². The van der Waals surface area contributed by atoms with Gasteiger partial charge >= 0.3 is 5.97 Å². The Bertz CT molecular complexity index is 721. The van der Waals surface area contributed by atoms with Crippen LogP contribution in [-0.4, -0.2) is 44.7 Å². The normalized spacial score (nSPS) is 17.9. The topological polar surface area (TPSA) is 122 Å². The smallest absolute Gasteiger partial charge is 0.328 e. The Morgan fingerprint density at radius 2 is 1.96 bits per heavy atom. The van der Waals surface area contributed by atoms with Gasteiger partial charge in [-0.15, -0.1) is 0 Å². The average Bonchev–Trinajstić information content (AvgIpc) is 3.05. The Balaban J connectivity index is 1.94. The first-order valence-corrected chi connectivity index (χ1v) is 8.78. The maximum absolute atomic E-state index is 12.2. The number of rotatable bonds is 7. The van der Waals surface area contributed by atoms with Crippen LogP contribution >= 0.6 is 0 Å². The Labute approximate surface area is 139 Å². The SMILES string of the molecule is O=C(O)/C=C/C(=O)Nc1ccc(S(=O)(=O)NCC2CCCO2)cc1. The van der Waals surface area contributed by atoms with E-state index in [1.54, 1.807) is 0 Å². The third-order valence-electron chi connectivity index (χ3n) is 3.33. The Hall–Kier alpha value is -2.23. The van der Waals surface area contributed by atoms with Gasteiger partial charge in [0.25, 0.3) is 0 Å². The van der Waals surface area contributed by atoms with Crippen LogP contribution in [0.25, 0.3) is 0 Å². The minimum absolute atomic E-state index is 0.0690. The number of nitrogens with one attached hydrogen (secondary N) is 2. The molecule has 3 N–H and O–H groups in total. The van der Waals surface area contributed by atoms with Gasteiger partial charge in [-0.1, -0.05) is 0 Å². The van der Waals surface area contributed by atoms with E-state index in [2.05, 4.69) is 10.0 Å². The molecular weight excluding hydrogens is 336 g/mol. The molecule has 1 atom stereocenters. The Morgan fingerprint density at radius 1 is 1.25 bits per heavy atom. The highest BCUT2D eigenvalue weighted by molar-refractivity contribution is 7.89. The zero-order valence-electron chi connectivity index (χ0n) is 12.8. The van der Waals surface area contributed by atoms with Crippen LogP contribution in [0.4, 0.5) is 5.69 Å². The van der Waals surface area contributed by atoms with Gasteiger partial charge in [0.1, 0.15) is 0 Å². The molecule has 1 fully saturated rings. The number of aliphatic carboxylic acids is 1. The molecular formula is C15H18N2O6S. The predicted octanol–water partition coefficient (Wildman–Crippen LogP) is 0.723. The third kappa shape index (κ3) is 5.44. The van der Waals surface area contributed by atoms with Gasteiger partial charge in [0, 0.05) is 31.0 Å². The van der Waals surface area contributed by atoms with Gasteiger partial charge < -0.3 is 15.2 Å². The summed E-state index contributed by atoms with van der Waals surface area (Å²) in [6, 6.07) is 5.56. The van der Waals surface area contributed by atoms with E-state index in [0.29, 0.717) is 18.4 Å². The van der Waals surface area contributed by atoms with E-state index >= 15 is 0 Å². The summed E-state index contributed by atoms with van der Waals surface area (Å²) in [6.45, 7) is 0.873. The Kier molecular flexibility index (Phi) is 6.07. The van der Waals surface area contributed by atoms with Crippen molar-refractivity contribution >= 4 is 27.6 Å². The van der Waals surface area contributed by atoms with E-state index in [0.717, 1.165) is 18.9 Å². The molecule has 1 amide bonds. The van der Waals surface area contributed by atoms with Crippen LogP contribution in [0.3, 0.4) is 0 Å². The number of anilines is 1. The first-order valence-electron chi connectivity index (χ1n) is 7.30. The van der Waals surface area contributed by atoms with E-state index in [9.17, 15) is 18.0 Å². The molecule has 1 heterocycles. The number of carboxylic acids is 1. The maximum atomic E-state index is 12.2. The molecule has 2 rings (SSSR count). The van der Waals surface area contributed by atoms with Gasteiger partial charge in [0.2, 0.25) is 15.9 Å². The molecule has 0 radical (unpaired) electrons. The van der Waals surface area contributed by atoms with Crippen LogP contribution in [0.2, 0.25) is 0 Å². The largest absolute Gasteiger partial charge is 0.478 e. The monoisotopic (exact) mass is 354 g/mol. The fourth-order valence-electron chi connectivity index (χ4n) is 2.14. The lowest BCUT2D eigenvalue weighted by Crippen LogP contribution is -2.31. The van der Waals surface area contributed by atoms with Gasteiger partial charge in [0.05, 0.1) is 11.0 Å². The van der Waals surface area contributed by atoms with Gasteiger partial charge in [-0.2, -0.15) is 0 Å². The zero-order valence-corrected chi connectivity index (χ0v) is 13.6. The molecule has 24 heavy (non-hydrogen) atoms. The van der Waals surface area contributed by atoms with Crippen LogP contribution in [0.15, 0.2) is 41.3 Å². The number of carbonyl (C=O) groups excluding carboxylic acids is 1. The van der Waals surface area contributed by atoms with Crippen molar-refractivity contribution in [1.29, 1.82) is 0 Å². The summed E-state index contributed by atoms with van der Waals surface area (Å²) in [6.07, 6.45) is 3.24. The summed E-state index contributed by atoms with van der Waals surface area (Å²) in [5, 5.41) is 10.9. The predicted molar refractivity (Wildman–Crippen MR) is 86.0 cm³/mol. The first kappa shape index (κ1) is 18.1. The lowest BCUT2D eigenvalue weighted by Gasteiger charge is -2.11. The van der Waals surface area contributed by atoms with Crippen molar-refractivity contribution in [3.05, 3.63) is 36.4 Å². The number of carbonyl (C=O) groups is 2. The fraction of sp³-hybridized carbons (Fsp3) is 0.333. The summed E-state index contributed by atoms with van der Waals surface area (Å²) >= 11 is 0. The summed E-state index contributed by atoms with van der Waals surface area (Å²) < 4.78 is 32.2. The van der Waals surface area contributed by atoms with E-state index in [-0.39, 0.29) is 17.5 Å². The van der Waals surface area contributed by atoms with Crippen molar-refractivity contribution in [2.45, 2.75) is 23.8 Å². The number of hydrogen-bond acceptors (Lipinski definition) is 5. The number of amides is 1. The van der Waals surface area contributed by atoms with Crippen LogP contribution in [0, 0.1) is 0 Å². The molecule has 0 bridgehead atoms. The second kappa shape index (κ2) is 8.04. The van der Waals surface area contributed by atoms with Gasteiger partial charge in [-0.05, 0) is 37.1 Å². The summed E-state index contributed by atoms with van der Waals surface area (Å²) in [5.74, 6) is -1.85. The number of benzene rings is 1. The van der Waals surface area contributed by atoms with E-state index in [1.807, 2.05) is 0 Å². The molecule has 1 aliphatic rings. The minimum atomic E-state index is -3.65. The molecule has 1 unspecified atom stereocenters. The second-order valence-electron chi connectivity index (χ2n) is 5.17. The number of hydrogen-bond donors (Lipinski definition) is 3. The third-order valence-corrected chi connectivity index (χ3v) is 4.77. The average molecular weight is 354 g/mol. The molecule has 8 nitrogen and oxygen atoms in total. The standard InChI is InChI=1S/C15H18N2O6S/c18-14(7-8-15(19)20)17-11-3-5-13(6-4-11)24(21,22)16-10-12-2-1-9-23-12/h3-8,12,16H,1-2,9-10H2,(H,17,18)(H,19,20)/b8-7+. The highest BCUT2D eigenvalue weighted by Gasteiger charge is 2.20. The summed E-state index contributed by atoms with van der Waals surface area (Å²) in [5.41, 5.74) is 0.355. The highest BCUT2D eigenvalue weighted by atomic mass is 32.2. The first-order chi connectivity index (χ1) is 11.4. The van der Waals surface area contributed by atoms with Crippen molar-refractivity contribution in [3.63, 3.8) is 0 Å². The van der Waals surface area contributed by atoms with Gasteiger partial charge in [0.15, 0.2) is 0 Å². The zero-order chi connectivity index (χ0) is 17.6. The molecule has 0 spiro atoms. The van der Waals surface area contributed by atoms with Crippen molar-refractivity contribution in [1.82, 2.24) is 4.72 Å². The summed E-state index contributed by atoms with van der Waals surface area (Å²) in [7, 11) is -3.65. The van der Waals surface area contributed by atoms with Crippen LogP contribution in [-0.2, 0) is 24.3 Å². The number of sulfonamides is 1. The van der Waals surface area contributed by atoms with E-state index in [4.69, 9.17) is 9.84 Å². The van der Waals surface area contributed by atoms with Crippen LogP contribution in [0.1, 0.15) is 12.8 Å². The Morgan fingerprint density at radius 3 is 2.54 bits per heavy atom. The lowest BCUT2D eigenvalue weighted by atomic mass is 10.2. The second-order valence-corrected chi connectivity index (χ2v) is 6.94.